The fourth-order valence-electron chi connectivity index (χ4n) is 1.60. The van der Waals surface area contributed by atoms with Crippen molar-refractivity contribution in [1.29, 1.82) is 0 Å². The van der Waals surface area contributed by atoms with E-state index < -0.39 is 10.0 Å². The van der Waals surface area contributed by atoms with Crippen molar-refractivity contribution in [2.45, 2.75) is 11.3 Å². The Balaban J connectivity index is 2.20. The number of benzene rings is 1. The number of anilines is 1. The van der Waals surface area contributed by atoms with Crippen LogP contribution in [0, 0.1) is 0 Å². The van der Waals surface area contributed by atoms with Crippen LogP contribution in [0.15, 0.2) is 53.7 Å². The van der Waals surface area contributed by atoms with Gasteiger partial charge in [0, 0.05) is 19.0 Å². The summed E-state index contributed by atoms with van der Waals surface area (Å²) in [5.41, 5.74) is 1.36. The average Bonchev–Trinajstić information content (AvgIpc) is 2.40. The van der Waals surface area contributed by atoms with Crippen molar-refractivity contribution < 1.29 is 13.5 Å². The van der Waals surface area contributed by atoms with E-state index in [0.717, 1.165) is 5.56 Å². The van der Waals surface area contributed by atoms with Crippen molar-refractivity contribution in [3.05, 3.63) is 54.4 Å². The Kier molecular flexibility index (Phi) is 4.13. The highest BCUT2D eigenvalue weighted by atomic mass is 32.2. The van der Waals surface area contributed by atoms with Crippen molar-refractivity contribution >= 4 is 15.7 Å². The van der Waals surface area contributed by atoms with Crippen LogP contribution in [0.4, 0.5) is 5.69 Å². The van der Waals surface area contributed by atoms with Crippen molar-refractivity contribution in [1.82, 2.24) is 4.98 Å². The predicted molar refractivity (Wildman–Crippen MR) is 72.3 cm³/mol. The molecule has 19 heavy (non-hydrogen) atoms. The van der Waals surface area contributed by atoms with E-state index in [1.54, 1.807) is 24.3 Å². The molecular weight excluding hydrogens is 264 g/mol. The summed E-state index contributed by atoms with van der Waals surface area (Å²) in [6.45, 7) is 0.0430. The van der Waals surface area contributed by atoms with Gasteiger partial charge in [0.25, 0.3) is 10.0 Å². The van der Waals surface area contributed by atoms with Gasteiger partial charge in [0.2, 0.25) is 0 Å². The highest BCUT2D eigenvalue weighted by molar-refractivity contribution is 7.92. The third kappa shape index (κ3) is 3.52. The second-order valence-electron chi connectivity index (χ2n) is 3.96. The van der Waals surface area contributed by atoms with Gasteiger partial charge in [-0.15, -0.1) is 0 Å². The molecule has 2 rings (SSSR count). The second kappa shape index (κ2) is 5.81. The first-order chi connectivity index (χ1) is 9.12. The van der Waals surface area contributed by atoms with Gasteiger partial charge in [0.15, 0.2) is 0 Å². The van der Waals surface area contributed by atoms with Gasteiger partial charge in [-0.2, -0.15) is 0 Å². The Labute approximate surface area is 112 Å². The van der Waals surface area contributed by atoms with E-state index >= 15 is 0 Å². The first-order valence-corrected chi connectivity index (χ1v) is 7.23. The molecule has 0 aliphatic rings. The summed E-state index contributed by atoms with van der Waals surface area (Å²) in [7, 11) is -3.59. The molecule has 0 aliphatic carbocycles. The maximum Gasteiger partial charge on any atom is 0.261 e. The highest BCUT2D eigenvalue weighted by Crippen LogP contribution is 2.15. The molecule has 2 aromatic rings. The largest absolute Gasteiger partial charge is 0.396 e. The summed E-state index contributed by atoms with van der Waals surface area (Å²) in [4.78, 5) is 4.01. The zero-order chi connectivity index (χ0) is 13.7. The van der Waals surface area contributed by atoms with Gasteiger partial charge in [0.1, 0.15) is 0 Å². The van der Waals surface area contributed by atoms with Gasteiger partial charge in [-0.05, 0) is 36.2 Å². The fraction of sp³-hybridized carbons (Fsp3) is 0.154. The first kappa shape index (κ1) is 13.5. The van der Waals surface area contributed by atoms with Crippen LogP contribution in [-0.4, -0.2) is 25.1 Å². The fourth-order valence-corrected chi connectivity index (χ4v) is 2.66. The Bertz CT molecular complexity index is 625. The smallest absolute Gasteiger partial charge is 0.261 e. The maximum absolute atomic E-state index is 12.1. The SMILES string of the molecule is O=S(=O)(Nc1ccncc1)c1ccc(CCO)cc1. The number of aliphatic hydroxyl groups excluding tert-OH is 1. The molecule has 0 spiro atoms. The van der Waals surface area contributed by atoms with Gasteiger partial charge < -0.3 is 5.11 Å². The van der Waals surface area contributed by atoms with Gasteiger partial charge in [-0.1, -0.05) is 12.1 Å². The minimum Gasteiger partial charge on any atom is -0.396 e. The van der Waals surface area contributed by atoms with E-state index in [1.807, 2.05) is 0 Å². The molecule has 0 bridgehead atoms. The molecule has 0 fully saturated rings. The molecule has 0 saturated heterocycles. The van der Waals surface area contributed by atoms with E-state index in [4.69, 9.17) is 5.11 Å². The van der Waals surface area contributed by atoms with E-state index in [0.29, 0.717) is 12.1 Å². The number of hydrogen-bond donors (Lipinski definition) is 2. The number of aliphatic hydroxyl groups is 1. The zero-order valence-electron chi connectivity index (χ0n) is 10.2. The zero-order valence-corrected chi connectivity index (χ0v) is 11.0. The molecule has 0 radical (unpaired) electrons. The minimum absolute atomic E-state index is 0.0430. The molecule has 0 unspecified atom stereocenters. The lowest BCUT2D eigenvalue weighted by Gasteiger charge is -2.08. The van der Waals surface area contributed by atoms with Crippen LogP contribution < -0.4 is 4.72 Å². The summed E-state index contributed by atoms with van der Waals surface area (Å²) in [5, 5.41) is 8.81. The summed E-state index contributed by atoms with van der Waals surface area (Å²) in [5.74, 6) is 0. The van der Waals surface area contributed by atoms with E-state index in [1.165, 1.54) is 24.5 Å². The highest BCUT2D eigenvalue weighted by Gasteiger charge is 2.13. The second-order valence-corrected chi connectivity index (χ2v) is 5.64. The lowest BCUT2D eigenvalue weighted by molar-refractivity contribution is 0.299. The number of nitrogens with zero attached hydrogens (tertiary/aromatic N) is 1. The van der Waals surface area contributed by atoms with Crippen LogP contribution in [0.25, 0.3) is 0 Å². The molecule has 2 N–H and O–H groups in total. The number of nitrogens with one attached hydrogen (secondary N) is 1. The average molecular weight is 278 g/mol. The number of hydrogen-bond acceptors (Lipinski definition) is 4. The molecule has 100 valence electrons. The number of rotatable bonds is 5. The monoisotopic (exact) mass is 278 g/mol. The summed E-state index contributed by atoms with van der Waals surface area (Å²) < 4.78 is 26.6. The lowest BCUT2D eigenvalue weighted by atomic mass is 10.2. The van der Waals surface area contributed by atoms with Gasteiger partial charge in [-0.3, -0.25) is 9.71 Å². The van der Waals surface area contributed by atoms with Crippen molar-refractivity contribution in [2.24, 2.45) is 0 Å². The van der Waals surface area contributed by atoms with E-state index in [-0.39, 0.29) is 11.5 Å². The molecule has 5 nitrogen and oxygen atoms in total. The first-order valence-electron chi connectivity index (χ1n) is 5.74. The van der Waals surface area contributed by atoms with Gasteiger partial charge >= 0.3 is 0 Å². The van der Waals surface area contributed by atoms with Crippen LogP contribution in [0.3, 0.4) is 0 Å². The van der Waals surface area contributed by atoms with Crippen LogP contribution in [0.5, 0.6) is 0 Å². The minimum atomic E-state index is -3.59. The van der Waals surface area contributed by atoms with Crippen molar-refractivity contribution in [2.75, 3.05) is 11.3 Å². The Hall–Kier alpha value is -1.92. The number of aromatic nitrogens is 1. The molecule has 1 aromatic carbocycles. The van der Waals surface area contributed by atoms with Crippen LogP contribution >= 0.6 is 0 Å². The van der Waals surface area contributed by atoms with Crippen LogP contribution in [0.1, 0.15) is 5.56 Å². The molecular formula is C13H14N2O3S. The quantitative estimate of drug-likeness (QED) is 0.867. The lowest BCUT2D eigenvalue weighted by Crippen LogP contribution is -2.12. The summed E-state index contributed by atoms with van der Waals surface area (Å²) in [6, 6.07) is 9.59. The molecule has 0 aliphatic heterocycles. The molecule has 1 aromatic heterocycles. The van der Waals surface area contributed by atoms with Crippen LogP contribution in [-0.2, 0) is 16.4 Å². The molecule has 0 saturated carbocycles. The predicted octanol–water partition coefficient (Wildman–Crippen LogP) is 1.42. The topological polar surface area (TPSA) is 79.3 Å². The Morgan fingerprint density at radius 3 is 2.26 bits per heavy atom. The maximum atomic E-state index is 12.1. The normalized spacial score (nSPS) is 11.2. The van der Waals surface area contributed by atoms with E-state index in [9.17, 15) is 8.42 Å². The molecule has 0 atom stereocenters. The van der Waals surface area contributed by atoms with Gasteiger partial charge in [-0.25, -0.2) is 8.42 Å². The summed E-state index contributed by atoms with van der Waals surface area (Å²) >= 11 is 0. The Morgan fingerprint density at radius 2 is 1.68 bits per heavy atom. The van der Waals surface area contributed by atoms with Crippen molar-refractivity contribution in [3.63, 3.8) is 0 Å². The number of pyridine rings is 1. The van der Waals surface area contributed by atoms with Crippen molar-refractivity contribution in [3.8, 4) is 0 Å². The standard InChI is InChI=1S/C13H14N2O3S/c16-10-7-11-1-3-13(4-2-11)19(17,18)15-12-5-8-14-9-6-12/h1-6,8-9,16H,7,10H2,(H,14,15). The number of sulfonamides is 1. The third-order valence-corrected chi connectivity index (χ3v) is 3.96. The van der Waals surface area contributed by atoms with Gasteiger partial charge in [0.05, 0.1) is 10.6 Å². The molecule has 6 heteroatoms. The molecule has 1 heterocycles. The van der Waals surface area contributed by atoms with E-state index in [2.05, 4.69) is 9.71 Å². The molecule has 0 amide bonds. The van der Waals surface area contributed by atoms with Crippen LogP contribution in [0.2, 0.25) is 0 Å². The summed E-state index contributed by atoms with van der Waals surface area (Å²) in [6.07, 6.45) is 3.54. The third-order valence-electron chi connectivity index (χ3n) is 2.57. The Morgan fingerprint density at radius 1 is 1.05 bits per heavy atom.